The van der Waals surface area contributed by atoms with Crippen molar-refractivity contribution in [2.45, 2.75) is 32.7 Å². The maximum absolute atomic E-state index is 14.1. The Bertz CT molecular complexity index is 760. The van der Waals surface area contributed by atoms with Crippen LogP contribution in [0.1, 0.15) is 45.1 Å². The summed E-state index contributed by atoms with van der Waals surface area (Å²) < 4.78 is 14.1. The molecule has 3 N–H and O–H groups in total. The van der Waals surface area contributed by atoms with Gasteiger partial charge in [0.05, 0.1) is 5.56 Å². The smallest absolute Gasteiger partial charge is 0.335 e. The van der Waals surface area contributed by atoms with E-state index in [1.54, 1.807) is 18.2 Å². The Morgan fingerprint density at radius 2 is 1.91 bits per heavy atom. The van der Waals surface area contributed by atoms with Crippen LogP contribution in [0.5, 0.6) is 0 Å². The Morgan fingerprint density at radius 1 is 1.27 bits per heavy atom. The van der Waals surface area contributed by atoms with E-state index >= 15 is 0 Å². The fraction of sp³-hybridized carbons (Fsp3) is 0.278. The molecule has 22 heavy (non-hydrogen) atoms. The predicted molar refractivity (Wildman–Crippen MR) is 83.5 cm³/mol. The van der Waals surface area contributed by atoms with Gasteiger partial charge in [-0.15, -0.1) is 0 Å². The van der Waals surface area contributed by atoms with Crippen molar-refractivity contribution in [2.24, 2.45) is 5.73 Å². The first-order valence-corrected chi connectivity index (χ1v) is 7.32. The van der Waals surface area contributed by atoms with Crippen molar-refractivity contribution in [2.75, 3.05) is 0 Å². The zero-order valence-electron chi connectivity index (χ0n) is 12.6. The molecule has 0 spiro atoms. The molecule has 0 unspecified atom stereocenters. The number of carboxylic acids is 1. The number of hydrogen-bond donors (Lipinski definition) is 2. The molecule has 4 heteroatoms. The van der Waals surface area contributed by atoms with Crippen LogP contribution < -0.4 is 5.73 Å². The number of carbonyl (C=O) groups is 1. The van der Waals surface area contributed by atoms with Crippen molar-refractivity contribution in [3.8, 4) is 11.1 Å². The minimum Gasteiger partial charge on any atom is -0.478 e. The lowest BCUT2D eigenvalue weighted by Crippen LogP contribution is -2.08. The molecule has 3 nitrogen and oxygen atoms in total. The molecule has 0 saturated heterocycles. The van der Waals surface area contributed by atoms with Gasteiger partial charge in [0.25, 0.3) is 0 Å². The van der Waals surface area contributed by atoms with Crippen molar-refractivity contribution in [3.05, 3.63) is 57.9 Å². The van der Waals surface area contributed by atoms with Crippen LogP contribution in [0.4, 0.5) is 4.39 Å². The van der Waals surface area contributed by atoms with Crippen LogP contribution in [0.2, 0.25) is 0 Å². The standard InChI is InChI=1S/C18H18FNO2/c1-9-7-11(18(21)22)8-10(2)16(9)12-3-5-14(19)17-13(12)4-6-15(17)20/h3,5,7-8,15H,4,6,20H2,1-2H3,(H,21,22)/t15-/m1/s1. The molecular weight excluding hydrogens is 281 g/mol. The Balaban J connectivity index is 2.24. The molecule has 0 bridgehead atoms. The monoisotopic (exact) mass is 299 g/mol. The molecule has 1 aliphatic rings. The number of nitrogens with two attached hydrogens (primary N) is 1. The molecule has 0 aliphatic heterocycles. The molecule has 3 rings (SSSR count). The highest BCUT2D eigenvalue weighted by Crippen LogP contribution is 2.40. The second-order valence-electron chi connectivity index (χ2n) is 5.92. The lowest BCUT2D eigenvalue weighted by atomic mass is 9.89. The molecule has 0 radical (unpaired) electrons. The number of aromatic carboxylic acids is 1. The number of carboxylic acid groups (broad SMARTS) is 1. The van der Waals surface area contributed by atoms with Gasteiger partial charge in [0.1, 0.15) is 5.82 Å². The van der Waals surface area contributed by atoms with Gasteiger partial charge in [0.2, 0.25) is 0 Å². The molecule has 0 heterocycles. The van der Waals surface area contributed by atoms with E-state index in [2.05, 4.69) is 0 Å². The summed E-state index contributed by atoms with van der Waals surface area (Å²) in [6.45, 7) is 3.78. The SMILES string of the molecule is Cc1cc(C(=O)O)cc(C)c1-c1ccc(F)c2c1CC[C@H]2N. The normalized spacial score (nSPS) is 16.6. The molecule has 1 atom stereocenters. The van der Waals surface area contributed by atoms with Crippen LogP contribution in [-0.4, -0.2) is 11.1 Å². The number of benzene rings is 2. The molecule has 0 amide bonds. The van der Waals surface area contributed by atoms with Gasteiger partial charge in [-0.3, -0.25) is 0 Å². The summed E-state index contributed by atoms with van der Waals surface area (Å²) in [7, 11) is 0. The molecule has 0 aromatic heterocycles. The Hall–Kier alpha value is -2.20. The minimum atomic E-state index is -0.941. The summed E-state index contributed by atoms with van der Waals surface area (Å²) in [6.07, 6.45) is 1.50. The van der Waals surface area contributed by atoms with Crippen molar-refractivity contribution in [3.63, 3.8) is 0 Å². The number of fused-ring (bicyclic) bond motifs is 1. The van der Waals surface area contributed by atoms with E-state index in [1.165, 1.54) is 6.07 Å². The molecule has 2 aromatic carbocycles. The molecule has 0 saturated carbocycles. The molecular formula is C18H18FNO2. The highest BCUT2D eigenvalue weighted by molar-refractivity contribution is 5.90. The number of aryl methyl sites for hydroxylation is 2. The van der Waals surface area contributed by atoms with Crippen LogP contribution in [0.3, 0.4) is 0 Å². The van der Waals surface area contributed by atoms with Gasteiger partial charge in [0.15, 0.2) is 0 Å². The first kappa shape index (κ1) is 14.7. The maximum atomic E-state index is 14.1. The van der Waals surface area contributed by atoms with E-state index in [-0.39, 0.29) is 17.4 Å². The first-order valence-electron chi connectivity index (χ1n) is 7.32. The maximum Gasteiger partial charge on any atom is 0.335 e. The second kappa shape index (κ2) is 5.21. The number of rotatable bonds is 2. The first-order chi connectivity index (χ1) is 10.4. The van der Waals surface area contributed by atoms with E-state index in [1.807, 2.05) is 13.8 Å². The third-order valence-corrected chi connectivity index (χ3v) is 4.43. The average Bonchev–Trinajstić information content (AvgIpc) is 2.83. The van der Waals surface area contributed by atoms with Gasteiger partial charge in [-0.1, -0.05) is 6.07 Å². The number of hydrogen-bond acceptors (Lipinski definition) is 2. The van der Waals surface area contributed by atoms with Crippen molar-refractivity contribution in [1.82, 2.24) is 0 Å². The van der Waals surface area contributed by atoms with E-state index in [0.29, 0.717) is 5.56 Å². The van der Waals surface area contributed by atoms with Crippen molar-refractivity contribution in [1.29, 1.82) is 0 Å². The third-order valence-electron chi connectivity index (χ3n) is 4.43. The lowest BCUT2D eigenvalue weighted by molar-refractivity contribution is 0.0696. The topological polar surface area (TPSA) is 63.3 Å². The zero-order valence-corrected chi connectivity index (χ0v) is 12.6. The summed E-state index contributed by atoms with van der Waals surface area (Å²) in [5.41, 5.74) is 11.6. The van der Waals surface area contributed by atoms with Crippen LogP contribution in [0.15, 0.2) is 24.3 Å². The van der Waals surface area contributed by atoms with Gasteiger partial charge in [-0.2, -0.15) is 0 Å². The highest BCUT2D eigenvalue weighted by Gasteiger charge is 2.27. The number of halogens is 1. The fourth-order valence-corrected chi connectivity index (χ4v) is 3.50. The third kappa shape index (κ3) is 2.20. The highest BCUT2D eigenvalue weighted by atomic mass is 19.1. The Morgan fingerprint density at radius 3 is 2.50 bits per heavy atom. The van der Waals surface area contributed by atoms with Gasteiger partial charge in [-0.05, 0) is 72.7 Å². The zero-order chi connectivity index (χ0) is 16.0. The Labute approximate surface area is 128 Å². The molecule has 1 aliphatic carbocycles. The van der Waals surface area contributed by atoms with Gasteiger partial charge in [0, 0.05) is 11.6 Å². The quantitative estimate of drug-likeness (QED) is 0.887. The second-order valence-corrected chi connectivity index (χ2v) is 5.92. The lowest BCUT2D eigenvalue weighted by Gasteiger charge is -2.16. The predicted octanol–water partition coefficient (Wildman–Crippen LogP) is 3.75. The summed E-state index contributed by atoms with van der Waals surface area (Å²) in [5.74, 6) is -1.19. The minimum absolute atomic E-state index is 0.249. The summed E-state index contributed by atoms with van der Waals surface area (Å²) in [6, 6.07) is 6.31. The van der Waals surface area contributed by atoms with Gasteiger partial charge in [-0.25, -0.2) is 9.18 Å². The average molecular weight is 299 g/mol. The summed E-state index contributed by atoms with van der Waals surface area (Å²) in [5, 5.41) is 9.16. The summed E-state index contributed by atoms with van der Waals surface area (Å²) in [4.78, 5) is 11.2. The Kier molecular flexibility index (Phi) is 3.49. The van der Waals surface area contributed by atoms with Crippen molar-refractivity contribution < 1.29 is 14.3 Å². The van der Waals surface area contributed by atoms with Crippen LogP contribution in [0.25, 0.3) is 11.1 Å². The molecule has 2 aromatic rings. The van der Waals surface area contributed by atoms with E-state index in [0.717, 1.165) is 40.7 Å². The van der Waals surface area contributed by atoms with Crippen LogP contribution in [-0.2, 0) is 6.42 Å². The van der Waals surface area contributed by atoms with Crippen LogP contribution >= 0.6 is 0 Å². The van der Waals surface area contributed by atoms with E-state index in [4.69, 9.17) is 10.8 Å². The van der Waals surface area contributed by atoms with Gasteiger partial charge < -0.3 is 10.8 Å². The largest absolute Gasteiger partial charge is 0.478 e. The van der Waals surface area contributed by atoms with E-state index in [9.17, 15) is 9.18 Å². The fourth-order valence-electron chi connectivity index (χ4n) is 3.50. The van der Waals surface area contributed by atoms with Crippen molar-refractivity contribution >= 4 is 5.97 Å². The van der Waals surface area contributed by atoms with Gasteiger partial charge >= 0.3 is 5.97 Å². The van der Waals surface area contributed by atoms with Crippen LogP contribution in [0, 0.1) is 19.7 Å². The van der Waals surface area contributed by atoms with E-state index < -0.39 is 5.97 Å². The molecule has 114 valence electrons. The molecule has 0 fully saturated rings. The summed E-state index contributed by atoms with van der Waals surface area (Å²) >= 11 is 0.